The van der Waals surface area contributed by atoms with Crippen molar-refractivity contribution in [1.82, 2.24) is 14.9 Å². The van der Waals surface area contributed by atoms with Crippen molar-refractivity contribution in [2.75, 3.05) is 30.8 Å². The van der Waals surface area contributed by atoms with Crippen LogP contribution >= 0.6 is 11.8 Å². The molecular weight excluding hydrogens is 470 g/mol. The van der Waals surface area contributed by atoms with Gasteiger partial charge < -0.3 is 14.5 Å². The van der Waals surface area contributed by atoms with Gasteiger partial charge in [-0.3, -0.25) is 0 Å². The number of aromatic nitrogens is 2. The Kier molecular flexibility index (Phi) is 6.63. The molecule has 0 bridgehead atoms. The first-order chi connectivity index (χ1) is 17.2. The van der Waals surface area contributed by atoms with Crippen LogP contribution < -0.4 is 4.90 Å². The topological polar surface area (TPSA) is 82.4 Å². The van der Waals surface area contributed by atoms with Crippen molar-refractivity contribution >= 4 is 23.7 Å². The summed E-state index contributed by atoms with van der Waals surface area (Å²) < 4.78 is 5.64. The van der Waals surface area contributed by atoms with Gasteiger partial charge in [-0.25, -0.2) is 14.8 Å². The molecular formula is C28H35N5O2S. The maximum Gasteiger partial charge on any atom is 0.410 e. The summed E-state index contributed by atoms with van der Waals surface area (Å²) in [6.45, 7) is 7.34. The molecule has 1 aromatic heterocycles. The van der Waals surface area contributed by atoms with Crippen molar-refractivity contribution in [3.63, 3.8) is 0 Å². The van der Waals surface area contributed by atoms with Gasteiger partial charge in [-0.1, -0.05) is 36.0 Å². The predicted molar refractivity (Wildman–Crippen MR) is 141 cm³/mol. The zero-order valence-corrected chi connectivity index (χ0v) is 22.5. The molecule has 36 heavy (non-hydrogen) atoms. The van der Waals surface area contributed by atoms with Crippen molar-refractivity contribution in [1.29, 1.82) is 5.26 Å². The van der Waals surface area contributed by atoms with E-state index in [2.05, 4.69) is 35.2 Å². The Bertz CT molecular complexity index is 1200. The fraction of sp³-hybridized carbons (Fsp3) is 0.571. The van der Waals surface area contributed by atoms with E-state index in [0.717, 1.165) is 43.1 Å². The molecule has 0 N–H and O–H groups in total. The normalized spacial score (nSPS) is 23.2. The molecule has 2 aromatic rings. The van der Waals surface area contributed by atoms with Crippen molar-refractivity contribution in [3.8, 4) is 6.07 Å². The number of aryl methyl sites for hydroxylation is 1. The average molecular weight is 506 g/mol. The monoisotopic (exact) mass is 505 g/mol. The van der Waals surface area contributed by atoms with Crippen LogP contribution in [0.15, 0.2) is 29.4 Å². The summed E-state index contributed by atoms with van der Waals surface area (Å²) in [6.07, 6.45) is 7.26. The molecule has 5 rings (SSSR count). The van der Waals surface area contributed by atoms with Crippen LogP contribution in [0, 0.1) is 16.7 Å². The number of carbonyl (C=O) groups excluding carboxylic acids is 1. The van der Waals surface area contributed by atoms with Gasteiger partial charge in [0, 0.05) is 25.2 Å². The van der Waals surface area contributed by atoms with Gasteiger partial charge in [-0.15, -0.1) is 0 Å². The molecule has 0 saturated carbocycles. The number of piperazine rings is 1. The molecule has 190 valence electrons. The highest BCUT2D eigenvalue weighted by atomic mass is 32.2. The Morgan fingerprint density at radius 1 is 1.19 bits per heavy atom. The molecule has 2 atom stereocenters. The van der Waals surface area contributed by atoms with Gasteiger partial charge in [0.15, 0.2) is 5.16 Å². The number of rotatable bonds is 3. The quantitative estimate of drug-likeness (QED) is 0.437. The van der Waals surface area contributed by atoms with Crippen LogP contribution in [0.5, 0.6) is 0 Å². The van der Waals surface area contributed by atoms with Gasteiger partial charge in [-0.05, 0) is 75.7 Å². The molecule has 2 heterocycles. The second-order valence-corrected chi connectivity index (χ2v) is 12.2. The van der Waals surface area contributed by atoms with E-state index in [1.54, 1.807) is 16.7 Å². The molecule has 0 radical (unpaired) electrons. The van der Waals surface area contributed by atoms with Gasteiger partial charge in [0.25, 0.3) is 0 Å². The molecule has 0 unspecified atom stereocenters. The first kappa shape index (κ1) is 24.9. The lowest BCUT2D eigenvalue weighted by molar-refractivity contribution is 0.0145. The number of benzene rings is 1. The SMILES string of the molecule is CSc1nc2c(c(N3CCN(C(=O)OC(C)(C)C)[C@@H](CC#N)C3)n1)C[C@]1(CCc3ccccc3C1)C2. The Labute approximate surface area is 218 Å². The van der Waals surface area contributed by atoms with E-state index in [4.69, 9.17) is 14.7 Å². The van der Waals surface area contributed by atoms with E-state index in [1.807, 2.05) is 27.0 Å². The van der Waals surface area contributed by atoms with Gasteiger partial charge in [0.1, 0.15) is 11.4 Å². The van der Waals surface area contributed by atoms with Crippen LogP contribution in [-0.4, -0.2) is 58.5 Å². The Balaban J connectivity index is 1.41. The molecule has 7 nitrogen and oxygen atoms in total. The third-order valence-corrected chi connectivity index (χ3v) is 8.22. The lowest BCUT2D eigenvalue weighted by Gasteiger charge is -2.42. The second-order valence-electron chi connectivity index (χ2n) is 11.4. The smallest absolute Gasteiger partial charge is 0.410 e. The van der Waals surface area contributed by atoms with Crippen molar-refractivity contribution in [3.05, 3.63) is 46.6 Å². The van der Waals surface area contributed by atoms with Gasteiger partial charge >= 0.3 is 6.09 Å². The third-order valence-electron chi connectivity index (χ3n) is 7.67. The van der Waals surface area contributed by atoms with Crippen LogP contribution in [0.1, 0.15) is 56.0 Å². The first-order valence-electron chi connectivity index (χ1n) is 12.8. The average Bonchev–Trinajstić information content (AvgIpc) is 3.19. The summed E-state index contributed by atoms with van der Waals surface area (Å²) in [6, 6.07) is 10.9. The lowest BCUT2D eigenvalue weighted by atomic mass is 9.70. The molecule has 2 aliphatic carbocycles. The number of nitriles is 1. The summed E-state index contributed by atoms with van der Waals surface area (Å²) in [5, 5.41) is 10.3. The minimum absolute atomic E-state index is 0.196. The minimum Gasteiger partial charge on any atom is -0.444 e. The third kappa shape index (κ3) is 4.90. The molecule has 1 fully saturated rings. The van der Waals surface area contributed by atoms with Crippen molar-refractivity contribution < 1.29 is 9.53 Å². The number of nitrogens with zero attached hydrogens (tertiary/aromatic N) is 5. The predicted octanol–water partition coefficient (Wildman–Crippen LogP) is 4.81. The zero-order valence-electron chi connectivity index (χ0n) is 21.7. The largest absolute Gasteiger partial charge is 0.444 e. The number of hydrogen-bond donors (Lipinski definition) is 0. The summed E-state index contributed by atoms with van der Waals surface area (Å²) in [4.78, 5) is 26.8. The molecule has 1 amide bonds. The standard InChI is InChI=1S/C28H35N5O2S/c1-27(2,3)35-26(34)33-14-13-32(18-21(33)10-12-29)24-22-16-28(17-23(22)30-25(31-24)36-4)11-9-19-7-5-6-8-20(19)15-28/h5-8,21H,9-11,13-18H2,1-4H3/t21-,28+/m0/s1. The number of carbonyl (C=O) groups is 1. The molecule has 1 spiro atoms. The van der Waals surface area contributed by atoms with Gasteiger partial charge in [0.2, 0.25) is 0 Å². The van der Waals surface area contributed by atoms with E-state index in [-0.39, 0.29) is 24.0 Å². The summed E-state index contributed by atoms with van der Waals surface area (Å²) in [7, 11) is 0. The number of anilines is 1. The Morgan fingerprint density at radius 3 is 2.69 bits per heavy atom. The summed E-state index contributed by atoms with van der Waals surface area (Å²) in [5.74, 6) is 0.992. The maximum absolute atomic E-state index is 12.9. The van der Waals surface area contributed by atoms with Crippen LogP contribution in [-0.2, 0) is 30.4 Å². The fourth-order valence-electron chi connectivity index (χ4n) is 6.02. The van der Waals surface area contributed by atoms with E-state index in [0.29, 0.717) is 19.6 Å². The first-order valence-corrected chi connectivity index (χ1v) is 14.0. The van der Waals surface area contributed by atoms with Crippen molar-refractivity contribution in [2.24, 2.45) is 5.41 Å². The fourth-order valence-corrected chi connectivity index (χ4v) is 6.40. The number of ether oxygens (including phenoxy) is 1. The Hall–Kier alpha value is -2.79. The number of hydrogen-bond acceptors (Lipinski definition) is 7. The molecule has 1 saturated heterocycles. The number of thioether (sulfide) groups is 1. The number of fused-ring (bicyclic) bond motifs is 2. The molecule has 1 aliphatic heterocycles. The maximum atomic E-state index is 12.9. The van der Waals surface area contributed by atoms with E-state index >= 15 is 0 Å². The van der Waals surface area contributed by atoms with Gasteiger partial charge in [-0.2, -0.15) is 5.26 Å². The minimum atomic E-state index is -0.570. The molecule has 1 aromatic carbocycles. The highest BCUT2D eigenvalue weighted by molar-refractivity contribution is 7.98. The number of amides is 1. The van der Waals surface area contributed by atoms with Gasteiger partial charge in [0.05, 0.1) is 24.2 Å². The van der Waals surface area contributed by atoms with Crippen LogP contribution in [0.2, 0.25) is 0 Å². The van der Waals surface area contributed by atoms with E-state index in [1.165, 1.54) is 22.4 Å². The van der Waals surface area contributed by atoms with Crippen LogP contribution in [0.4, 0.5) is 10.6 Å². The lowest BCUT2D eigenvalue weighted by Crippen LogP contribution is -2.56. The van der Waals surface area contributed by atoms with E-state index < -0.39 is 5.60 Å². The van der Waals surface area contributed by atoms with Crippen LogP contribution in [0.3, 0.4) is 0 Å². The van der Waals surface area contributed by atoms with E-state index in [9.17, 15) is 10.1 Å². The summed E-state index contributed by atoms with van der Waals surface area (Å²) >= 11 is 1.57. The molecule has 3 aliphatic rings. The highest BCUT2D eigenvalue weighted by Gasteiger charge is 2.43. The summed E-state index contributed by atoms with van der Waals surface area (Å²) in [5.41, 5.74) is 5.01. The Morgan fingerprint density at radius 2 is 1.97 bits per heavy atom. The van der Waals surface area contributed by atoms with Crippen molar-refractivity contribution in [2.45, 2.75) is 76.1 Å². The highest BCUT2D eigenvalue weighted by Crippen LogP contribution is 2.48. The molecule has 8 heteroatoms. The van der Waals surface area contributed by atoms with Crippen LogP contribution in [0.25, 0.3) is 0 Å². The second kappa shape index (κ2) is 9.59. The zero-order chi connectivity index (χ0) is 25.5.